The molecule has 1 aromatic heterocycles. The normalized spacial score (nSPS) is 14.7. The van der Waals surface area contributed by atoms with E-state index < -0.39 is 0 Å². The van der Waals surface area contributed by atoms with Crippen LogP contribution in [0, 0.1) is 6.92 Å². The molecule has 0 radical (unpaired) electrons. The average Bonchev–Trinajstić information content (AvgIpc) is 2.61. The van der Waals surface area contributed by atoms with Gasteiger partial charge in [-0.3, -0.25) is 4.79 Å². The summed E-state index contributed by atoms with van der Waals surface area (Å²) in [6, 6.07) is 11.4. The minimum Gasteiger partial charge on any atom is -0.480 e. The van der Waals surface area contributed by atoms with Crippen LogP contribution < -0.4 is 9.64 Å². The number of carbonyl (C=O) groups is 1. The second kappa shape index (κ2) is 6.64. The Kier molecular flexibility index (Phi) is 4.41. The van der Waals surface area contributed by atoms with Crippen molar-refractivity contribution in [3.8, 4) is 5.88 Å². The van der Waals surface area contributed by atoms with Gasteiger partial charge in [-0.2, -0.15) is 0 Å². The molecule has 6 nitrogen and oxygen atoms in total. The lowest BCUT2D eigenvalue weighted by Crippen LogP contribution is -2.49. The lowest BCUT2D eigenvalue weighted by molar-refractivity contribution is 0.0746. The molecule has 0 atom stereocenters. The first-order valence-electron chi connectivity index (χ1n) is 7.66. The maximum atomic E-state index is 12.5. The van der Waals surface area contributed by atoms with Gasteiger partial charge in [-0.05, 0) is 25.1 Å². The van der Waals surface area contributed by atoms with E-state index in [-0.39, 0.29) is 5.91 Å². The Bertz CT molecular complexity index is 679. The molecule has 0 unspecified atom stereocenters. The summed E-state index contributed by atoms with van der Waals surface area (Å²) >= 11 is 0. The van der Waals surface area contributed by atoms with E-state index in [1.165, 1.54) is 0 Å². The zero-order valence-electron chi connectivity index (χ0n) is 13.4. The van der Waals surface area contributed by atoms with Crippen LogP contribution in [0.1, 0.15) is 15.9 Å². The van der Waals surface area contributed by atoms with Gasteiger partial charge in [-0.25, -0.2) is 0 Å². The molecule has 0 saturated carbocycles. The average molecular weight is 312 g/mol. The summed E-state index contributed by atoms with van der Waals surface area (Å²) in [6.07, 6.45) is 0. The van der Waals surface area contributed by atoms with Crippen molar-refractivity contribution >= 4 is 11.7 Å². The van der Waals surface area contributed by atoms with Crippen molar-refractivity contribution in [1.82, 2.24) is 15.1 Å². The molecule has 0 aliphatic carbocycles. The molecular formula is C17H20N4O2. The fraction of sp³-hybridized carbons (Fsp3) is 0.353. The molecule has 0 spiro atoms. The number of aryl methyl sites for hydroxylation is 1. The SMILES string of the molecule is COc1ccc(N2CCN(C(=O)c3cccc(C)c3)CC2)nn1. The Morgan fingerprint density at radius 3 is 2.48 bits per heavy atom. The first kappa shape index (κ1) is 15.3. The molecule has 0 N–H and O–H groups in total. The van der Waals surface area contributed by atoms with Crippen LogP contribution in [0.5, 0.6) is 5.88 Å². The van der Waals surface area contributed by atoms with E-state index in [9.17, 15) is 4.79 Å². The van der Waals surface area contributed by atoms with Crippen LogP contribution >= 0.6 is 0 Å². The number of aromatic nitrogens is 2. The Morgan fingerprint density at radius 2 is 1.87 bits per heavy atom. The number of carbonyl (C=O) groups excluding carboxylic acids is 1. The number of anilines is 1. The molecule has 6 heteroatoms. The summed E-state index contributed by atoms with van der Waals surface area (Å²) in [6.45, 7) is 4.86. The van der Waals surface area contributed by atoms with Gasteiger partial charge in [-0.15, -0.1) is 10.2 Å². The Morgan fingerprint density at radius 1 is 1.09 bits per heavy atom. The number of piperazine rings is 1. The van der Waals surface area contributed by atoms with Crippen LogP contribution in [0.2, 0.25) is 0 Å². The summed E-state index contributed by atoms with van der Waals surface area (Å²) in [5.74, 6) is 1.41. The van der Waals surface area contributed by atoms with E-state index in [1.54, 1.807) is 13.2 Å². The summed E-state index contributed by atoms with van der Waals surface area (Å²) in [5.41, 5.74) is 1.85. The zero-order chi connectivity index (χ0) is 16.2. The molecule has 1 aliphatic rings. The highest BCUT2D eigenvalue weighted by atomic mass is 16.5. The number of methoxy groups -OCH3 is 1. The number of hydrogen-bond acceptors (Lipinski definition) is 5. The first-order chi connectivity index (χ1) is 11.2. The number of hydrogen-bond donors (Lipinski definition) is 0. The van der Waals surface area contributed by atoms with Crippen LogP contribution in [0.25, 0.3) is 0 Å². The molecule has 23 heavy (non-hydrogen) atoms. The van der Waals surface area contributed by atoms with Crippen LogP contribution in [-0.2, 0) is 0 Å². The molecule has 0 bridgehead atoms. The molecule has 2 heterocycles. The maximum Gasteiger partial charge on any atom is 0.253 e. The third-order valence-corrected chi connectivity index (χ3v) is 3.99. The number of ether oxygens (including phenoxy) is 1. The predicted octanol–water partition coefficient (Wildman–Crippen LogP) is 1.76. The quantitative estimate of drug-likeness (QED) is 0.864. The van der Waals surface area contributed by atoms with Crippen LogP contribution in [0.4, 0.5) is 5.82 Å². The minimum atomic E-state index is 0.0918. The summed E-state index contributed by atoms with van der Waals surface area (Å²) < 4.78 is 5.02. The monoisotopic (exact) mass is 312 g/mol. The van der Waals surface area contributed by atoms with Gasteiger partial charge < -0.3 is 14.5 Å². The smallest absolute Gasteiger partial charge is 0.253 e. The van der Waals surface area contributed by atoms with Crippen molar-refractivity contribution in [2.75, 3.05) is 38.2 Å². The number of benzene rings is 1. The molecule has 1 aromatic carbocycles. The lowest BCUT2D eigenvalue weighted by Gasteiger charge is -2.35. The molecule has 120 valence electrons. The summed E-state index contributed by atoms with van der Waals surface area (Å²) in [4.78, 5) is 16.6. The molecule has 1 amide bonds. The fourth-order valence-electron chi connectivity index (χ4n) is 2.69. The second-order valence-electron chi connectivity index (χ2n) is 5.58. The van der Waals surface area contributed by atoms with Crippen LogP contribution in [0.3, 0.4) is 0 Å². The Labute approximate surface area is 135 Å². The molecule has 1 fully saturated rings. The second-order valence-corrected chi connectivity index (χ2v) is 5.58. The van der Waals surface area contributed by atoms with E-state index >= 15 is 0 Å². The van der Waals surface area contributed by atoms with E-state index in [1.807, 2.05) is 42.2 Å². The third-order valence-electron chi connectivity index (χ3n) is 3.99. The topological polar surface area (TPSA) is 58.6 Å². The van der Waals surface area contributed by atoms with Gasteiger partial charge in [0, 0.05) is 37.8 Å². The zero-order valence-corrected chi connectivity index (χ0v) is 13.4. The summed E-state index contributed by atoms with van der Waals surface area (Å²) in [7, 11) is 1.57. The highest BCUT2D eigenvalue weighted by Crippen LogP contribution is 2.16. The van der Waals surface area contributed by atoms with E-state index in [2.05, 4.69) is 15.1 Å². The van der Waals surface area contributed by atoms with Crippen molar-refractivity contribution in [3.05, 3.63) is 47.5 Å². The van der Waals surface area contributed by atoms with Gasteiger partial charge in [-0.1, -0.05) is 17.7 Å². The van der Waals surface area contributed by atoms with Gasteiger partial charge in [0.2, 0.25) is 5.88 Å². The first-order valence-corrected chi connectivity index (χ1v) is 7.66. The van der Waals surface area contributed by atoms with E-state index in [0.29, 0.717) is 19.0 Å². The number of nitrogens with zero attached hydrogens (tertiary/aromatic N) is 4. The highest BCUT2D eigenvalue weighted by molar-refractivity contribution is 5.94. The third kappa shape index (κ3) is 3.41. The predicted molar refractivity (Wildman–Crippen MR) is 87.9 cm³/mol. The minimum absolute atomic E-state index is 0.0918. The number of amides is 1. The van der Waals surface area contributed by atoms with Crippen molar-refractivity contribution in [1.29, 1.82) is 0 Å². The largest absolute Gasteiger partial charge is 0.480 e. The van der Waals surface area contributed by atoms with Gasteiger partial charge in [0.1, 0.15) is 0 Å². The lowest BCUT2D eigenvalue weighted by atomic mass is 10.1. The fourth-order valence-corrected chi connectivity index (χ4v) is 2.69. The number of rotatable bonds is 3. The van der Waals surface area contributed by atoms with Crippen LogP contribution in [0.15, 0.2) is 36.4 Å². The van der Waals surface area contributed by atoms with E-state index in [0.717, 1.165) is 30.0 Å². The van der Waals surface area contributed by atoms with Gasteiger partial charge in [0.05, 0.1) is 7.11 Å². The highest BCUT2D eigenvalue weighted by Gasteiger charge is 2.23. The van der Waals surface area contributed by atoms with Crippen molar-refractivity contribution in [2.45, 2.75) is 6.92 Å². The van der Waals surface area contributed by atoms with E-state index in [4.69, 9.17) is 4.74 Å². The summed E-state index contributed by atoms with van der Waals surface area (Å²) in [5, 5.41) is 8.15. The van der Waals surface area contributed by atoms with Crippen molar-refractivity contribution in [3.63, 3.8) is 0 Å². The molecule has 2 aromatic rings. The molecule has 3 rings (SSSR count). The molecule has 1 saturated heterocycles. The standard InChI is InChI=1S/C17H20N4O2/c1-13-4-3-5-14(12-13)17(22)21-10-8-20(9-11-21)15-6-7-16(23-2)19-18-15/h3-7,12H,8-11H2,1-2H3. The Balaban J connectivity index is 1.62. The van der Waals surface area contributed by atoms with Gasteiger partial charge in [0.15, 0.2) is 5.82 Å². The van der Waals surface area contributed by atoms with Gasteiger partial charge in [0.25, 0.3) is 5.91 Å². The van der Waals surface area contributed by atoms with Crippen molar-refractivity contribution in [2.24, 2.45) is 0 Å². The van der Waals surface area contributed by atoms with Crippen molar-refractivity contribution < 1.29 is 9.53 Å². The van der Waals surface area contributed by atoms with Crippen LogP contribution in [-0.4, -0.2) is 54.3 Å². The molecule has 1 aliphatic heterocycles. The Hall–Kier alpha value is -2.63. The van der Waals surface area contributed by atoms with Gasteiger partial charge >= 0.3 is 0 Å². The maximum absolute atomic E-state index is 12.5. The molecular weight excluding hydrogens is 292 g/mol.